The summed E-state index contributed by atoms with van der Waals surface area (Å²) >= 11 is 0. The third-order valence-corrected chi connectivity index (χ3v) is 7.64. The van der Waals surface area contributed by atoms with Crippen molar-refractivity contribution in [3.63, 3.8) is 0 Å². The zero-order valence-electron chi connectivity index (χ0n) is 19.3. The van der Waals surface area contributed by atoms with E-state index in [0.717, 1.165) is 70.2 Å². The summed E-state index contributed by atoms with van der Waals surface area (Å²) in [6, 6.07) is 16.0. The van der Waals surface area contributed by atoms with Gasteiger partial charge in [-0.1, -0.05) is 0 Å². The van der Waals surface area contributed by atoms with Crippen LogP contribution in [-0.2, 0) is 0 Å². The van der Waals surface area contributed by atoms with E-state index in [9.17, 15) is 4.79 Å². The summed E-state index contributed by atoms with van der Waals surface area (Å²) in [4.78, 5) is 17.1. The van der Waals surface area contributed by atoms with Crippen LogP contribution < -0.4 is 15.2 Å². The highest BCUT2D eigenvalue weighted by molar-refractivity contribution is 6.25. The van der Waals surface area contributed by atoms with Gasteiger partial charge in [-0.3, -0.25) is 4.79 Å². The van der Waals surface area contributed by atoms with Crippen molar-refractivity contribution in [1.82, 2.24) is 0 Å². The monoisotopic (exact) mass is 452 g/mol. The second kappa shape index (κ2) is 7.79. The molecule has 0 unspecified atom stereocenters. The zero-order valence-corrected chi connectivity index (χ0v) is 19.3. The van der Waals surface area contributed by atoms with Crippen molar-refractivity contribution in [1.29, 1.82) is 0 Å². The Morgan fingerprint density at radius 1 is 0.529 bits per heavy atom. The van der Waals surface area contributed by atoms with E-state index in [2.05, 4.69) is 40.1 Å². The summed E-state index contributed by atoms with van der Waals surface area (Å²) in [5, 5.41) is 4.10. The molecular weight excluding hydrogens is 424 g/mol. The van der Waals surface area contributed by atoms with Crippen molar-refractivity contribution in [2.75, 3.05) is 36.0 Å². The summed E-state index contributed by atoms with van der Waals surface area (Å²) in [5.41, 5.74) is 5.44. The van der Waals surface area contributed by atoms with Crippen LogP contribution in [0.1, 0.15) is 38.5 Å². The van der Waals surface area contributed by atoms with Crippen LogP contribution in [-0.4, -0.2) is 26.2 Å². The van der Waals surface area contributed by atoms with Crippen molar-refractivity contribution < 1.29 is 8.83 Å². The topological polar surface area (TPSA) is 49.8 Å². The molecule has 0 radical (unpaired) electrons. The Morgan fingerprint density at radius 2 is 1.06 bits per heavy atom. The number of fused-ring (bicyclic) bond motifs is 4. The van der Waals surface area contributed by atoms with E-state index < -0.39 is 0 Å². The molecule has 5 heteroatoms. The van der Waals surface area contributed by atoms with Crippen LogP contribution >= 0.6 is 0 Å². The van der Waals surface area contributed by atoms with Crippen LogP contribution in [0, 0.1) is 0 Å². The molecule has 5 nitrogen and oxygen atoms in total. The molecule has 0 bridgehead atoms. The minimum absolute atomic E-state index is 0.0389. The largest absolute Gasteiger partial charge is 0.456 e. The smallest absolute Gasteiger partial charge is 0.182 e. The molecular formula is C29H28N2O3. The van der Waals surface area contributed by atoms with Crippen molar-refractivity contribution >= 4 is 55.3 Å². The molecule has 2 aromatic heterocycles. The standard InChI is InChI=1S/C29H28N2O3/c32-21-8-10-23-25(18-21)34-27-17-20(31-13-5-2-6-14-31)16-26-29(27)28(23)22-9-7-19(15-24(22)33-26)30-11-3-1-4-12-30/h7-10,15-18H,1-6,11-14H2. The third kappa shape index (κ3) is 3.17. The Hall–Kier alpha value is -3.47. The molecule has 7 rings (SSSR count). The predicted octanol–water partition coefficient (Wildman–Crippen LogP) is 6.83. The van der Waals surface area contributed by atoms with Crippen molar-refractivity contribution in [2.45, 2.75) is 38.5 Å². The lowest BCUT2D eigenvalue weighted by atomic mass is 10.00. The number of benzene rings is 3. The molecule has 0 amide bonds. The van der Waals surface area contributed by atoms with Crippen LogP contribution in [0.15, 0.2) is 62.2 Å². The highest BCUT2D eigenvalue weighted by Gasteiger charge is 2.20. The highest BCUT2D eigenvalue weighted by Crippen LogP contribution is 2.41. The number of hydrogen-bond donors (Lipinski definition) is 0. The van der Waals surface area contributed by atoms with Gasteiger partial charge >= 0.3 is 0 Å². The van der Waals surface area contributed by atoms with Crippen LogP contribution in [0.4, 0.5) is 11.4 Å². The first-order chi connectivity index (χ1) is 16.7. The minimum atomic E-state index is -0.0389. The van der Waals surface area contributed by atoms with Crippen LogP contribution in [0.25, 0.3) is 43.9 Å². The van der Waals surface area contributed by atoms with E-state index in [1.54, 1.807) is 12.1 Å². The van der Waals surface area contributed by atoms with Crippen LogP contribution in [0.2, 0.25) is 0 Å². The molecule has 5 aromatic rings. The average Bonchev–Trinajstić information content (AvgIpc) is 2.88. The van der Waals surface area contributed by atoms with Gasteiger partial charge in [0.05, 0.1) is 5.39 Å². The summed E-state index contributed by atoms with van der Waals surface area (Å²) in [7, 11) is 0. The van der Waals surface area contributed by atoms with Gasteiger partial charge < -0.3 is 18.6 Å². The SMILES string of the molecule is O=c1ccc2c(c1)oc1cc(N3CCCCC3)cc3oc4cc(N5CCCCC5)ccc4c2c31. The third-order valence-electron chi connectivity index (χ3n) is 7.64. The molecule has 2 fully saturated rings. The maximum atomic E-state index is 12.2. The molecule has 0 saturated carbocycles. The zero-order chi connectivity index (χ0) is 22.6. The molecule has 3 aromatic carbocycles. The highest BCUT2D eigenvalue weighted by atomic mass is 16.3. The van der Waals surface area contributed by atoms with Gasteiger partial charge in [-0.2, -0.15) is 0 Å². The second-order valence-electron chi connectivity index (χ2n) is 9.83. The van der Waals surface area contributed by atoms with Gasteiger partial charge in [0, 0.05) is 78.0 Å². The lowest BCUT2D eigenvalue weighted by molar-refractivity contribution is 0.576. The van der Waals surface area contributed by atoms with Gasteiger partial charge in [-0.05, 0) is 62.8 Å². The minimum Gasteiger partial charge on any atom is -0.456 e. The van der Waals surface area contributed by atoms with Crippen molar-refractivity contribution in [3.05, 3.63) is 58.8 Å². The molecule has 2 saturated heterocycles. The molecule has 34 heavy (non-hydrogen) atoms. The van der Waals surface area contributed by atoms with E-state index in [1.165, 1.54) is 44.2 Å². The first-order valence-electron chi connectivity index (χ1n) is 12.6. The molecule has 172 valence electrons. The van der Waals surface area contributed by atoms with Gasteiger partial charge in [0.25, 0.3) is 0 Å². The quantitative estimate of drug-likeness (QED) is 0.217. The van der Waals surface area contributed by atoms with E-state index >= 15 is 0 Å². The van der Waals surface area contributed by atoms with Gasteiger partial charge in [-0.25, -0.2) is 0 Å². The number of rotatable bonds is 2. The van der Waals surface area contributed by atoms with Crippen molar-refractivity contribution in [3.8, 4) is 0 Å². The lowest BCUT2D eigenvalue weighted by Crippen LogP contribution is -2.29. The molecule has 0 atom stereocenters. The fourth-order valence-corrected chi connectivity index (χ4v) is 5.91. The van der Waals surface area contributed by atoms with E-state index in [-0.39, 0.29) is 5.43 Å². The summed E-state index contributed by atoms with van der Waals surface area (Å²) in [6.45, 7) is 4.29. The van der Waals surface area contributed by atoms with Crippen LogP contribution in [0.5, 0.6) is 0 Å². The average molecular weight is 453 g/mol. The Morgan fingerprint density at radius 3 is 1.71 bits per heavy atom. The Labute approximate surface area is 197 Å². The number of anilines is 2. The molecule has 2 aliphatic heterocycles. The fraction of sp³-hybridized carbons (Fsp3) is 0.345. The normalized spacial score (nSPS) is 17.4. The first-order valence-corrected chi connectivity index (χ1v) is 12.6. The Balaban J connectivity index is 1.55. The summed E-state index contributed by atoms with van der Waals surface area (Å²) < 4.78 is 12.9. The first kappa shape index (κ1) is 20.0. The summed E-state index contributed by atoms with van der Waals surface area (Å²) in [6.07, 6.45) is 7.48. The number of nitrogens with zero attached hydrogens (tertiary/aromatic N) is 2. The number of hydrogen-bond acceptors (Lipinski definition) is 5. The maximum absolute atomic E-state index is 12.2. The second-order valence-corrected chi connectivity index (χ2v) is 9.83. The van der Waals surface area contributed by atoms with Gasteiger partial charge in [0.1, 0.15) is 22.3 Å². The predicted molar refractivity (Wildman–Crippen MR) is 139 cm³/mol. The Bertz CT molecular complexity index is 1600. The fourth-order valence-electron chi connectivity index (χ4n) is 5.91. The van der Waals surface area contributed by atoms with E-state index in [1.807, 2.05) is 6.07 Å². The lowest BCUT2D eigenvalue weighted by Gasteiger charge is -2.29. The summed E-state index contributed by atoms with van der Waals surface area (Å²) in [5.74, 6) is 0. The van der Waals surface area contributed by atoms with E-state index in [4.69, 9.17) is 8.83 Å². The molecule has 0 spiro atoms. The molecule has 2 aliphatic rings. The number of piperidine rings is 2. The molecule has 0 N–H and O–H groups in total. The molecule has 0 aliphatic carbocycles. The maximum Gasteiger partial charge on any atom is 0.182 e. The van der Waals surface area contributed by atoms with Crippen LogP contribution in [0.3, 0.4) is 0 Å². The van der Waals surface area contributed by atoms with Gasteiger partial charge in [0.15, 0.2) is 5.43 Å². The van der Waals surface area contributed by atoms with Gasteiger partial charge in [-0.15, -0.1) is 0 Å². The molecule has 4 heterocycles. The van der Waals surface area contributed by atoms with Gasteiger partial charge in [0.2, 0.25) is 0 Å². The van der Waals surface area contributed by atoms with E-state index in [0.29, 0.717) is 5.58 Å². The Kier molecular flexibility index (Phi) is 4.57. The van der Waals surface area contributed by atoms with Crippen molar-refractivity contribution in [2.24, 2.45) is 0 Å².